The minimum absolute atomic E-state index is 0.645. The number of hydrogen-bond acceptors (Lipinski definition) is 3. The Morgan fingerprint density at radius 1 is 1.26 bits per heavy atom. The van der Waals surface area contributed by atoms with E-state index < -0.39 is 0 Å². The average molecular weight is 258 g/mol. The van der Waals surface area contributed by atoms with Gasteiger partial charge in [0.05, 0.1) is 17.8 Å². The van der Waals surface area contributed by atoms with E-state index in [1.54, 1.807) is 0 Å². The molecule has 1 aromatic heterocycles. The number of pyridine rings is 1. The Morgan fingerprint density at radius 3 is 2.79 bits per heavy atom. The van der Waals surface area contributed by atoms with Crippen molar-refractivity contribution in [3.63, 3.8) is 0 Å². The highest BCUT2D eigenvalue weighted by molar-refractivity contribution is 5.85. The van der Waals surface area contributed by atoms with Crippen molar-refractivity contribution in [3.05, 3.63) is 36.0 Å². The fraction of sp³-hybridized carbons (Fsp3) is 0.438. The van der Waals surface area contributed by atoms with Crippen LogP contribution in [0.25, 0.3) is 10.9 Å². The molecule has 0 bridgehead atoms. The molecule has 2 aromatic rings. The second-order valence-corrected chi connectivity index (χ2v) is 5.09. The number of aromatic nitrogens is 1. The molecular formula is C16H22N2O. The van der Waals surface area contributed by atoms with Gasteiger partial charge in [0.2, 0.25) is 0 Å². The summed E-state index contributed by atoms with van der Waals surface area (Å²) in [5.74, 6) is 1.57. The molecule has 0 aliphatic heterocycles. The highest BCUT2D eigenvalue weighted by Gasteiger charge is 2.06. The minimum Gasteiger partial charge on any atom is -0.493 e. The van der Waals surface area contributed by atoms with E-state index in [-0.39, 0.29) is 0 Å². The van der Waals surface area contributed by atoms with E-state index in [2.05, 4.69) is 30.2 Å². The predicted octanol–water partition coefficient (Wildman–Crippen LogP) is 3.38. The standard InChI is InChI=1S/C16H22N2O/c1-4-19-16-9-13(11-17-10-12(2)3)18-15-8-6-5-7-14(15)16/h5-9,12,17H,4,10-11H2,1-3H3. The zero-order valence-electron chi connectivity index (χ0n) is 11.9. The topological polar surface area (TPSA) is 34.1 Å². The summed E-state index contributed by atoms with van der Waals surface area (Å²) in [4.78, 5) is 4.67. The molecule has 0 aliphatic rings. The Morgan fingerprint density at radius 2 is 2.05 bits per heavy atom. The smallest absolute Gasteiger partial charge is 0.130 e. The van der Waals surface area contributed by atoms with Crippen molar-refractivity contribution < 1.29 is 4.74 Å². The average Bonchev–Trinajstić information content (AvgIpc) is 2.39. The van der Waals surface area contributed by atoms with Gasteiger partial charge >= 0.3 is 0 Å². The summed E-state index contributed by atoms with van der Waals surface area (Å²) < 4.78 is 5.72. The number of para-hydroxylation sites is 1. The van der Waals surface area contributed by atoms with Crippen molar-refractivity contribution in [1.82, 2.24) is 10.3 Å². The normalized spacial score (nSPS) is 11.2. The molecule has 102 valence electrons. The maximum absolute atomic E-state index is 5.72. The monoisotopic (exact) mass is 258 g/mol. The number of hydrogen-bond donors (Lipinski definition) is 1. The van der Waals surface area contributed by atoms with Crippen molar-refractivity contribution >= 4 is 10.9 Å². The van der Waals surface area contributed by atoms with Crippen LogP contribution in [-0.2, 0) is 6.54 Å². The molecule has 3 nitrogen and oxygen atoms in total. The first kappa shape index (κ1) is 13.8. The fourth-order valence-electron chi connectivity index (χ4n) is 2.05. The van der Waals surface area contributed by atoms with Crippen LogP contribution in [0.1, 0.15) is 26.5 Å². The molecule has 0 aliphatic carbocycles. The molecule has 1 heterocycles. The third-order valence-corrected chi connectivity index (χ3v) is 2.89. The van der Waals surface area contributed by atoms with E-state index in [1.807, 2.05) is 31.2 Å². The molecule has 0 radical (unpaired) electrons. The molecular weight excluding hydrogens is 236 g/mol. The highest BCUT2D eigenvalue weighted by Crippen LogP contribution is 2.25. The lowest BCUT2D eigenvalue weighted by atomic mass is 10.1. The molecule has 0 saturated heterocycles. The summed E-state index contributed by atoms with van der Waals surface area (Å²) >= 11 is 0. The quantitative estimate of drug-likeness (QED) is 0.862. The van der Waals surface area contributed by atoms with Gasteiger partial charge in [-0.2, -0.15) is 0 Å². The van der Waals surface area contributed by atoms with Crippen LogP contribution in [0.2, 0.25) is 0 Å². The Labute approximate surface area is 115 Å². The van der Waals surface area contributed by atoms with E-state index in [0.717, 1.165) is 35.4 Å². The van der Waals surface area contributed by atoms with Gasteiger partial charge in [-0.25, -0.2) is 0 Å². The highest BCUT2D eigenvalue weighted by atomic mass is 16.5. The molecule has 3 heteroatoms. The van der Waals surface area contributed by atoms with Crippen molar-refractivity contribution in [1.29, 1.82) is 0 Å². The van der Waals surface area contributed by atoms with Crippen LogP contribution < -0.4 is 10.1 Å². The van der Waals surface area contributed by atoms with Gasteiger partial charge < -0.3 is 10.1 Å². The number of fused-ring (bicyclic) bond motifs is 1. The van der Waals surface area contributed by atoms with E-state index in [4.69, 9.17) is 4.74 Å². The van der Waals surface area contributed by atoms with Crippen LogP contribution in [0.5, 0.6) is 5.75 Å². The Hall–Kier alpha value is -1.61. The van der Waals surface area contributed by atoms with Crippen LogP contribution >= 0.6 is 0 Å². The second-order valence-electron chi connectivity index (χ2n) is 5.09. The summed E-state index contributed by atoms with van der Waals surface area (Å²) in [5, 5.41) is 4.50. The summed E-state index contributed by atoms with van der Waals surface area (Å²) in [6, 6.07) is 10.2. The molecule has 1 aromatic carbocycles. The maximum Gasteiger partial charge on any atom is 0.130 e. The van der Waals surface area contributed by atoms with Crippen molar-refractivity contribution in [2.24, 2.45) is 5.92 Å². The fourth-order valence-corrected chi connectivity index (χ4v) is 2.05. The molecule has 0 unspecified atom stereocenters. The van der Waals surface area contributed by atoms with Crippen molar-refractivity contribution in [2.45, 2.75) is 27.3 Å². The van der Waals surface area contributed by atoms with Crippen LogP contribution in [0.4, 0.5) is 0 Å². The maximum atomic E-state index is 5.72. The molecule has 0 atom stereocenters. The van der Waals surface area contributed by atoms with Crippen LogP contribution in [0.15, 0.2) is 30.3 Å². The lowest BCUT2D eigenvalue weighted by Gasteiger charge is -2.11. The van der Waals surface area contributed by atoms with Gasteiger partial charge in [0.1, 0.15) is 5.75 Å². The number of benzene rings is 1. The summed E-state index contributed by atoms with van der Waals surface area (Å²) in [7, 11) is 0. The third-order valence-electron chi connectivity index (χ3n) is 2.89. The number of nitrogens with zero attached hydrogens (tertiary/aromatic N) is 1. The van der Waals surface area contributed by atoms with Gasteiger partial charge in [-0.05, 0) is 31.5 Å². The Bertz CT molecular complexity index is 537. The first-order chi connectivity index (χ1) is 9.20. The number of ether oxygens (including phenoxy) is 1. The second kappa shape index (κ2) is 6.53. The van der Waals surface area contributed by atoms with Crippen molar-refractivity contribution in [2.75, 3.05) is 13.2 Å². The Kier molecular flexibility index (Phi) is 4.74. The largest absolute Gasteiger partial charge is 0.493 e. The van der Waals surface area contributed by atoms with Crippen LogP contribution in [-0.4, -0.2) is 18.1 Å². The van der Waals surface area contributed by atoms with E-state index in [9.17, 15) is 0 Å². The first-order valence-electron chi connectivity index (χ1n) is 6.93. The molecule has 2 rings (SSSR count). The molecule has 0 fully saturated rings. The minimum atomic E-state index is 0.645. The summed E-state index contributed by atoms with van der Waals surface area (Å²) in [5.41, 5.74) is 2.03. The summed E-state index contributed by atoms with van der Waals surface area (Å²) in [6.07, 6.45) is 0. The SMILES string of the molecule is CCOc1cc(CNCC(C)C)nc2ccccc12. The van der Waals surface area contributed by atoms with Gasteiger partial charge in [-0.1, -0.05) is 26.0 Å². The molecule has 19 heavy (non-hydrogen) atoms. The van der Waals surface area contributed by atoms with Gasteiger partial charge in [0.25, 0.3) is 0 Å². The first-order valence-corrected chi connectivity index (χ1v) is 6.93. The lowest BCUT2D eigenvalue weighted by molar-refractivity contribution is 0.343. The zero-order valence-corrected chi connectivity index (χ0v) is 11.9. The van der Waals surface area contributed by atoms with Crippen LogP contribution in [0, 0.1) is 5.92 Å². The van der Waals surface area contributed by atoms with E-state index >= 15 is 0 Å². The summed E-state index contributed by atoms with van der Waals surface area (Å²) in [6.45, 7) is 8.86. The molecule has 0 saturated carbocycles. The lowest BCUT2D eigenvalue weighted by Crippen LogP contribution is -2.19. The Balaban J connectivity index is 2.24. The van der Waals surface area contributed by atoms with E-state index in [0.29, 0.717) is 12.5 Å². The molecule has 0 spiro atoms. The van der Waals surface area contributed by atoms with Gasteiger partial charge in [-0.3, -0.25) is 4.98 Å². The van der Waals surface area contributed by atoms with Crippen molar-refractivity contribution in [3.8, 4) is 5.75 Å². The van der Waals surface area contributed by atoms with Gasteiger partial charge in [-0.15, -0.1) is 0 Å². The van der Waals surface area contributed by atoms with Crippen LogP contribution in [0.3, 0.4) is 0 Å². The predicted molar refractivity (Wildman–Crippen MR) is 79.5 cm³/mol. The number of rotatable bonds is 6. The van der Waals surface area contributed by atoms with E-state index in [1.165, 1.54) is 0 Å². The zero-order chi connectivity index (χ0) is 13.7. The molecule has 0 amide bonds. The van der Waals surface area contributed by atoms with Gasteiger partial charge in [0, 0.05) is 18.0 Å². The van der Waals surface area contributed by atoms with Gasteiger partial charge in [0.15, 0.2) is 0 Å². The number of nitrogens with one attached hydrogen (secondary N) is 1. The third kappa shape index (κ3) is 3.67. The molecule has 1 N–H and O–H groups in total.